The molecule has 1 amide bonds. The SMILES string of the molecule is COc1ccc2[nH]c(C(=O)N3CCc4cc(OC)c(OC)cc4C3)cc2c1. The third-order valence-electron chi connectivity index (χ3n) is 5.06. The molecule has 0 radical (unpaired) electrons. The Bertz CT molecular complexity index is 1010. The molecule has 140 valence electrons. The predicted octanol–water partition coefficient (Wildman–Crippen LogP) is 3.39. The summed E-state index contributed by atoms with van der Waals surface area (Å²) in [6.07, 6.45) is 0.787. The van der Waals surface area contributed by atoms with Crippen LogP contribution in [0.15, 0.2) is 36.4 Å². The first-order chi connectivity index (χ1) is 13.1. The molecule has 0 aliphatic carbocycles. The number of ether oxygens (including phenoxy) is 3. The van der Waals surface area contributed by atoms with Gasteiger partial charge in [0, 0.05) is 24.0 Å². The summed E-state index contributed by atoms with van der Waals surface area (Å²) in [7, 11) is 4.89. The number of rotatable bonds is 4. The van der Waals surface area contributed by atoms with Crippen LogP contribution in [-0.2, 0) is 13.0 Å². The number of hydrogen-bond donors (Lipinski definition) is 1. The summed E-state index contributed by atoms with van der Waals surface area (Å²) in [6.45, 7) is 1.22. The number of aromatic nitrogens is 1. The molecular formula is C21H22N2O4. The monoisotopic (exact) mass is 366 g/mol. The van der Waals surface area contributed by atoms with Gasteiger partial charge in [-0.3, -0.25) is 4.79 Å². The molecule has 0 saturated heterocycles. The fourth-order valence-electron chi connectivity index (χ4n) is 3.58. The van der Waals surface area contributed by atoms with E-state index >= 15 is 0 Å². The van der Waals surface area contributed by atoms with Gasteiger partial charge in [-0.2, -0.15) is 0 Å². The van der Waals surface area contributed by atoms with E-state index in [1.54, 1.807) is 21.3 Å². The minimum Gasteiger partial charge on any atom is -0.497 e. The molecule has 6 heteroatoms. The normalized spacial score (nSPS) is 13.4. The summed E-state index contributed by atoms with van der Waals surface area (Å²) in [5, 5.41) is 0.960. The van der Waals surface area contributed by atoms with Gasteiger partial charge in [0.1, 0.15) is 11.4 Å². The Hall–Kier alpha value is -3.15. The van der Waals surface area contributed by atoms with Crippen molar-refractivity contribution in [3.8, 4) is 17.2 Å². The fourth-order valence-corrected chi connectivity index (χ4v) is 3.58. The van der Waals surface area contributed by atoms with Gasteiger partial charge < -0.3 is 24.1 Å². The molecule has 4 rings (SSSR count). The van der Waals surface area contributed by atoms with E-state index in [0.29, 0.717) is 24.5 Å². The molecule has 0 spiro atoms. The van der Waals surface area contributed by atoms with Gasteiger partial charge in [-0.25, -0.2) is 0 Å². The van der Waals surface area contributed by atoms with E-state index < -0.39 is 0 Å². The van der Waals surface area contributed by atoms with Gasteiger partial charge in [0.2, 0.25) is 0 Å². The van der Waals surface area contributed by atoms with E-state index in [1.165, 1.54) is 5.56 Å². The molecule has 0 saturated carbocycles. The van der Waals surface area contributed by atoms with E-state index in [0.717, 1.165) is 34.4 Å². The highest BCUT2D eigenvalue weighted by Gasteiger charge is 2.24. The van der Waals surface area contributed by atoms with Crippen LogP contribution < -0.4 is 14.2 Å². The number of hydrogen-bond acceptors (Lipinski definition) is 4. The number of nitrogens with one attached hydrogen (secondary N) is 1. The summed E-state index contributed by atoms with van der Waals surface area (Å²) in [5.74, 6) is 2.17. The molecule has 0 atom stereocenters. The maximum absolute atomic E-state index is 13.0. The lowest BCUT2D eigenvalue weighted by atomic mass is 9.98. The van der Waals surface area contributed by atoms with E-state index in [4.69, 9.17) is 14.2 Å². The Kier molecular flexibility index (Phi) is 4.39. The minimum absolute atomic E-state index is 0.00870. The van der Waals surface area contributed by atoms with Crippen LogP contribution in [0, 0.1) is 0 Å². The van der Waals surface area contributed by atoms with Crippen molar-refractivity contribution < 1.29 is 19.0 Å². The lowest BCUT2D eigenvalue weighted by Gasteiger charge is -2.29. The number of aromatic amines is 1. The van der Waals surface area contributed by atoms with Gasteiger partial charge in [-0.1, -0.05) is 0 Å². The van der Waals surface area contributed by atoms with Crippen LogP contribution in [0.2, 0.25) is 0 Å². The lowest BCUT2D eigenvalue weighted by Crippen LogP contribution is -2.36. The number of amides is 1. The van der Waals surface area contributed by atoms with Gasteiger partial charge in [-0.15, -0.1) is 0 Å². The third-order valence-corrected chi connectivity index (χ3v) is 5.06. The van der Waals surface area contributed by atoms with E-state index in [9.17, 15) is 4.79 Å². The standard InChI is InChI=1S/C21H22N2O4/c1-25-16-4-5-17-14(8-16)9-18(22-17)21(24)23-7-6-13-10-19(26-2)20(27-3)11-15(13)12-23/h4-5,8-11,22H,6-7,12H2,1-3H3. The molecule has 3 aromatic rings. The van der Waals surface area contributed by atoms with Crippen LogP contribution in [0.1, 0.15) is 21.6 Å². The van der Waals surface area contributed by atoms with Gasteiger partial charge in [0.25, 0.3) is 5.91 Å². The Morgan fingerprint density at radius 3 is 2.41 bits per heavy atom. The van der Waals surface area contributed by atoms with Crippen molar-refractivity contribution >= 4 is 16.8 Å². The number of H-pyrrole nitrogens is 1. The van der Waals surface area contributed by atoms with Crippen LogP contribution in [0.3, 0.4) is 0 Å². The smallest absolute Gasteiger partial charge is 0.270 e. The van der Waals surface area contributed by atoms with Crippen molar-refractivity contribution in [1.29, 1.82) is 0 Å². The van der Waals surface area contributed by atoms with Crippen LogP contribution in [0.4, 0.5) is 0 Å². The highest BCUT2D eigenvalue weighted by Crippen LogP contribution is 2.33. The van der Waals surface area contributed by atoms with Crippen LogP contribution in [0.25, 0.3) is 10.9 Å². The van der Waals surface area contributed by atoms with E-state index in [1.807, 2.05) is 41.3 Å². The van der Waals surface area contributed by atoms with Gasteiger partial charge in [0.05, 0.1) is 21.3 Å². The second-order valence-corrected chi connectivity index (χ2v) is 6.59. The number of carbonyl (C=O) groups excluding carboxylic acids is 1. The molecule has 0 fully saturated rings. The average molecular weight is 366 g/mol. The molecule has 1 N–H and O–H groups in total. The zero-order chi connectivity index (χ0) is 19.0. The second kappa shape index (κ2) is 6.87. The Labute approximate surface area is 157 Å². The molecule has 1 aliphatic heterocycles. The highest BCUT2D eigenvalue weighted by atomic mass is 16.5. The molecule has 6 nitrogen and oxygen atoms in total. The first-order valence-corrected chi connectivity index (χ1v) is 8.82. The maximum Gasteiger partial charge on any atom is 0.270 e. The van der Waals surface area contributed by atoms with Gasteiger partial charge >= 0.3 is 0 Å². The predicted molar refractivity (Wildman–Crippen MR) is 103 cm³/mol. The number of nitrogens with zero attached hydrogens (tertiary/aromatic N) is 1. The minimum atomic E-state index is -0.00870. The van der Waals surface area contributed by atoms with Gasteiger partial charge in [0.15, 0.2) is 11.5 Å². The number of fused-ring (bicyclic) bond motifs is 2. The Morgan fingerprint density at radius 2 is 1.70 bits per heavy atom. The first-order valence-electron chi connectivity index (χ1n) is 8.82. The molecule has 2 aromatic carbocycles. The topological polar surface area (TPSA) is 63.8 Å². The maximum atomic E-state index is 13.0. The fraction of sp³-hybridized carbons (Fsp3) is 0.286. The van der Waals surface area contributed by atoms with Gasteiger partial charge in [-0.05, 0) is 53.9 Å². The van der Waals surface area contributed by atoms with Crippen molar-refractivity contribution in [1.82, 2.24) is 9.88 Å². The largest absolute Gasteiger partial charge is 0.497 e. The lowest BCUT2D eigenvalue weighted by molar-refractivity contribution is 0.0729. The van der Waals surface area contributed by atoms with Crippen LogP contribution >= 0.6 is 0 Å². The zero-order valence-corrected chi connectivity index (χ0v) is 15.7. The van der Waals surface area contributed by atoms with Crippen molar-refractivity contribution in [2.45, 2.75) is 13.0 Å². The number of carbonyl (C=O) groups is 1. The summed E-state index contributed by atoms with van der Waals surface area (Å²) < 4.78 is 16.0. The summed E-state index contributed by atoms with van der Waals surface area (Å²) in [6, 6.07) is 11.6. The molecule has 0 bridgehead atoms. The molecule has 1 aliphatic rings. The zero-order valence-electron chi connectivity index (χ0n) is 15.7. The highest BCUT2D eigenvalue weighted by molar-refractivity contribution is 5.98. The quantitative estimate of drug-likeness (QED) is 0.769. The summed E-state index contributed by atoms with van der Waals surface area (Å²) in [4.78, 5) is 18.1. The number of benzene rings is 2. The molecular weight excluding hydrogens is 344 g/mol. The van der Waals surface area contributed by atoms with E-state index in [2.05, 4.69) is 4.98 Å². The first kappa shape index (κ1) is 17.3. The van der Waals surface area contributed by atoms with Crippen molar-refractivity contribution in [2.75, 3.05) is 27.9 Å². The van der Waals surface area contributed by atoms with Crippen molar-refractivity contribution in [3.05, 3.63) is 53.2 Å². The van der Waals surface area contributed by atoms with E-state index in [-0.39, 0.29) is 5.91 Å². The third kappa shape index (κ3) is 3.07. The Balaban J connectivity index is 1.60. The molecule has 27 heavy (non-hydrogen) atoms. The summed E-state index contributed by atoms with van der Waals surface area (Å²) >= 11 is 0. The molecule has 0 unspecified atom stereocenters. The van der Waals surface area contributed by atoms with Crippen molar-refractivity contribution in [2.24, 2.45) is 0 Å². The average Bonchev–Trinajstić information content (AvgIpc) is 3.14. The molecule has 2 heterocycles. The second-order valence-electron chi connectivity index (χ2n) is 6.59. The van der Waals surface area contributed by atoms with Crippen LogP contribution in [-0.4, -0.2) is 43.7 Å². The summed E-state index contributed by atoms with van der Waals surface area (Å²) in [5.41, 5.74) is 3.79. The van der Waals surface area contributed by atoms with Crippen molar-refractivity contribution in [3.63, 3.8) is 0 Å². The Morgan fingerprint density at radius 1 is 0.963 bits per heavy atom. The number of methoxy groups -OCH3 is 3. The molecule has 1 aromatic heterocycles. The van der Waals surface area contributed by atoms with Crippen LogP contribution in [0.5, 0.6) is 17.2 Å².